The summed E-state index contributed by atoms with van der Waals surface area (Å²) >= 11 is 0. The molecule has 1 amide bonds. The first-order valence-corrected chi connectivity index (χ1v) is 5.83. The maximum Gasteiger partial charge on any atom is 0.272 e. The van der Waals surface area contributed by atoms with Gasteiger partial charge in [0, 0.05) is 12.7 Å². The molecule has 3 aliphatic rings. The van der Waals surface area contributed by atoms with Crippen molar-refractivity contribution in [3.63, 3.8) is 0 Å². The highest BCUT2D eigenvalue weighted by atomic mass is 16.2. The highest BCUT2D eigenvalue weighted by Crippen LogP contribution is 2.44. The summed E-state index contributed by atoms with van der Waals surface area (Å²) in [5.74, 6) is 0.498. The zero-order valence-electron chi connectivity index (χ0n) is 9.26. The molecule has 4 heterocycles. The van der Waals surface area contributed by atoms with Crippen LogP contribution in [0.3, 0.4) is 0 Å². The number of nitrogens with two attached hydrogens (primary N) is 1. The zero-order chi connectivity index (χ0) is 11.6. The van der Waals surface area contributed by atoms with E-state index in [0.29, 0.717) is 11.7 Å². The number of aromatic nitrogens is 1. The molecule has 0 saturated carbocycles. The lowest BCUT2D eigenvalue weighted by atomic mass is 10.0. The van der Waals surface area contributed by atoms with Crippen LogP contribution in [0.25, 0.3) is 0 Å². The van der Waals surface area contributed by atoms with Gasteiger partial charge in [-0.05, 0) is 25.0 Å². The molecule has 0 aliphatic carbocycles. The average molecular weight is 231 g/mol. The highest BCUT2D eigenvalue weighted by molar-refractivity contribution is 5.96. The number of guanidine groups is 1. The summed E-state index contributed by atoms with van der Waals surface area (Å²) in [7, 11) is 0. The molecule has 17 heavy (non-hydrogen) atoms. The van der Waals surface area contributed by atoms with Crippen molar-refractivity contribution in [1.82, 2.24) is 14.8 Å². The van der Waals surface area contributed by atoms with Gasteiger partial charge in [-0.1, -0.05) is 0 Å². The Hall–Kier alpha value is -1.98. The number of amides is 1. The van der Waals surface area contributed by atoms with Crippen molar-refractivity contribution in [3.05, 3.63) is 24.0 Å². The number of aliphatic imine (C=N–C) groups is 1. The molecule has 1 saturated heterocycles. The molecule has 1 fully saturated rings. The third kappa shape index (κ3) is 0.878. The fourth-order valence-corrected chi connectivity index (χ4v) is 3.30. The van der Waals surface area contributed by atoms with E-state index in [1.54, 1.807) is 0 Å². The van der Waals surface area contributed by atoms with E-state index >= 15 is 0 Å². The third-order valence-electron chi connectivity index (χ3n) is 3.96. The Morgan fingerprint density at radius 2 is 2.47 bits per heavy atom. The number of nitrogens with one attached hydrogen (secondary N) is 1. The monoisotopic (exact) mass is 231 g/mol. The summed E-state index contributed by atoms with van der Waals surface area (Å²) in [4.78, 5) is 18.7. The predicted molar refractivity (Wildman–Crippen MR) is 61.2 cm³/mol. The van der Waals surface area contributed by atoms with Crippen molar-refractivity contribution in [2.24, 2.45) is 10.7 Å². The van der Waals surface area contributed by atoms with Crippen molar-refractivity contribution < 1.29 is 4.79 Å². The van der Waals surface area contributed by atoms with Gasteiger partial charge in [-0.15, -0.1) is 0 Å². The van der Waals surface area contributed by atoms with Crippen LogP contribution in [0.15, 0.2) is 23.3 Å². The summed E-state index contributed by atoms with van der Waals surface area (Å²) in [5.41, 5.74) is 6.08. The molecule has 2 atom stereocenters. The van der Waals surface area contributed by atoms with Crippen molar-refractivity contribution in [1.29, 1.82) is 0 Å². The van der Waals surface area contributed by atoms with E-state index in [1.807, 2.05) is 27.8 Å². The maximum atomic E-state index is 12.4. The molecule has 6 heteroatoms. The first kappa shape index (κ1) is 9.09. The van der Waals surface area contributed by atoms with Gasteiger partial charge < -0.3 is 20.5 Å². The number of rotatable bonds is 0. The van der Waals surface area contributed by atoms with Gasteiger partial charge in [-0.3, -0.25) is 4.79 Å². The van der Waals surface area contributed by atoms with Crippen molar-refractivity contribution >= 4 is 11.9 Å². The van der Waals surface area contributed by atoms with Gasteiger partial charge in [0.1, 0.15) is 5.69 Å². The predicted octanol–water partition coefficient (Wildman–Crippen LogP) is -0.150. The van der Waals surface area contributed by atoms with Gasteiger partial charge in [0.05, 0.1) is 0 Å². The minimum atomic E-state index is -0.423. The van der Waals surface area contributed by atoms with E-state index in [2.05, 4.69) is 10.3 Å². The fourth-order valence-electron chi connectivity index (χ4n) is 3.30. The Labute approximate surface area is 98.1 Å². The van der Waals surface area contributed by atoms with Crippen LogP contribution in [0.1, 0.15) is 29.5 Å². The topological polar surface area (TPSA) is 75.6 Å². The van der Waals surface area contributed by atoms with E-state index in [4.69, 9.17) is 5.73 Å². The number of fused-ring (bicyclic) bond motifs is 2. The molecule has 0 radical (unpaired) electrons. The number of carbonyl (C=O) groups excluding carboxylic acids is 1. The second-order valence-electron chi connectivity index (χ2n) is 4.80. The minimum Gasteiger partial charge on any atom is -0.370 e. The minimum absolute atomic E-state index is 0.0705. The molecule has 0 aromatic carbocycles. The third-order valence-corrected chi connectivity index (χ3v) is 3.96. The zero-order valence-corrected chi connectivity index (χ0v) is 9.26. The van der Waals surface area contributed by atoms with E-state index < -0.39 is 5.66 Å². The molecule has 0 bridgehead atoms. The maximum absolute atomic E-state index is 12.4. The van der Waals surface area contributed by atoms with Crippen molar-refractivity contribution in [2.45, 2.75) is 24.7 Å². The summed E-state index contributed by atoms with van der Waals surface area (Å²) in [6.45, 7) is 0.774. The molecule has 6 nitrogen and oxygen atoms in total. The second-order valence-corrected chi connectivity index (χ2v) is 4.80. The lowest BCUT2D eigenvalue weighted by Crippen LogP contribution is -2.63. The normalized spacial score (nSPS) is 33.9. The Kier molecular flexibility index (Phi) is 1.41. The lowest BCUT2D eigenvalue weighted by Gasteiger charge is -2.43. The van der Waals surface area contributed by atoms with Crippen LogP contribution in [-0.4, -0.2) is 33.5 Å². The van der Waals surface area contributed by atoms with Crippen LogP contribution in [-0.2, 0) is 0 Å². The van der Waals surface area contributed by atoms with E-state index in [-0.39, 0.29) is 12.1 Å². The van der Waals surface area contributed by atoms with E-state index in [1.165, 1.54) is 0 Å². The molecular formula is C11H13N5O. The van der Waals surface area contributed by atoms with Gasteiger partial charge in [0.25, 0.3) is 5.91 Å². The van der Waals surface area contributed by atoms with Crippen LogP contribution in [0.5, 0.6) is 0 Å². The van der Waals surface area contributed by atoms with Gasteiger partial charge in [0.15, 0.2) is 17.8 Å². The van der Waals surface area contributed by atoms with Crippen LogP contribution in [0.4, 0.5) is 0 Å². The SMILES string of the molecule is NC1=N[C@H]2n3cccc3C(=O)N3CCC[C@@]23N1. The molecule has 3 N–H and O–H groups in total. The number of carbonyl (C=O) groups is 1. The molecular weight excluding hydrogens is 218 g/mol. The first-order chi connectivity index (χ1) is 8.22. The Morgan fingerprint density at radius 1 is 1.59 bits per heavy atom. The molecule has 1 aromatic heterocycles. The fraction of sp³-hybridized carbons (Fsp3) is 0.455. The van der Waals surface area contributed by atoms with Crippen LogP contribution in [0, 0.1) is 0 Å². The summed E-state index contributed by atoms with van der Waals surface area (Å²) in [6, 6.07) is 3.72. The van der Waals surface area contributed by atoms with Gasteiger partial charge in [-0.2, -0.15) is 0 Å². The quantitative estimate of drug-likeness (QED) is 0.652. The van der Waals surface area contributed by atoms with Gasteiger partial charge in [0.2, 0.25) is 0 Å². The molecule has 4 rings (SSSR count). The molecule has 0 unspecified atom stereocenters. The Balaban J connectivity index is 1.97. The number of hydrogen-bond donors (Lipinski definition) is 2. The van der Waals surface area contributed by atoms with Crippen LogP contribution < -0.4 is 11.1 Å². The highest BCUT2D eigenvalue weighted by Gasteiger charge is 2.57. The first-order valence-electron chi connectivity index (χ1n) is 5.83. The molecule has 1 aromatic rings. The van der Waals surface area contributed by atoms with Crippen LogP contribution >= 0.6 is 0 Å². The number of hydrogen-bond acceptors (Lipinski definition) is 4. The summed E-state index contributed by atoms with van der Waals surface area (Å²) in [6.07, 6.45) is 3.67. The largest absolute Gasteiger partial charge is 0.370 e. The molecule has 1 spiro atoms. The molecule has 3 aliphatic heterocycles. The van der Waals surface area contributed by atoms with Crippen molar-refractivity contribution in [2.75, 3.05) is 6.54 Å². The Morgan fingerprint density at radius 3 is 3.35 bits per heavy atom. The molecule has 88 valence electrons. The van der Waals surface area contributed by atoms with Gasteiger partial charge in [-0.25, -0.2) is 4.99 Å². The van der Waals surface area contributed by atoms with Gasteiger partial charge >= 0.3 is 0 Å². The lowest BCUT2D eigenvalue weighted by molar-refractivity contribution is 0.0327. The van der Waals surface area contributed by atoms with E-state index in [9.17, 15) is 4.79 Å². The summed E-state index contributed by atoms with van der Waals surface area (Å²) < 4.78 is 1.93. The Bertz CT molecular complexity index is 548. The van der Waals surface area contributed by atoms with E-state index in [0.717, 1.165) is 19.4 Å². The number of nitrogens with zero attached hydrogens (tertiary/aromatic N) is 3. The smallest absolute Gasteiger partial charge is 0.272 e. The van der Waals surface area contributed by atoms with Crippen molar-refractivity contribution in [3.8, 4) is 0 Å². The standard InChI is InChI=1S/C11H13N5O/c12-10-13-9-11(14-10)4-2-6-16(11)8(17)7-3-1-5-15(7)9/h1,3,5,9H,2,4,6H2,(H3,12,13,14)/t9-,11-/m0/s1. The second kappa shape index (κ2) is 2.64. The summed E-state index contributed by atoms with van der Waals surface area (Å²) in [5, 5.41) is 3.20. The van der Waals surface area contributed by atoms with Crippen LogP contribution in [0.2, 0.25) is 0 Å². The average Bonchev–Trinajstić information content (AvgIpc) is 2.96.